The molecule has 188 valence electrons. The van der Waals surface area contributed by atoms with Crippen molar-refractivity contribution < 1.29 is 28.7 Å². The second kappa shape index (κ2) is 11.1. The number of para-hydroxylation sites is 1. The van der Waals surface area contributed by atoms with Gasteiger partial charge in [-0.05, 0) is 66.6 Å². The Morgan fingerprint density at radius 3 is 2.46 bits per heavy atom. The molecule has 0 bridgehead atoms. The highest BCUT2D eigenvalue weighted by molar-refractivity contribution is 9.10. The lowest BCUT2D eigenvalue weighted by Crippen LogP contribution is -2.54. The summed E-state index contributed by atoms with van der Waals surface area (Å²) in [7, 11) is 1.43. The highest BCUT2D eigenvalue weighted by Gasteiger charge is 2.36. The van der Waals surface area contributed by atoms with Crippen molar-refractivity contribution in [2.75, 3.05) is 23.9 Å². The smallest absolute Gasteiger partial charge is 0.335 e. The second-order valence-corrected chi connectivity index (χ2v) is 8.91. The number of methoxy groups -OCH3 is 1. The number of aryl methyl sites for hydroxylation is 1. The zero-order valence-corrected chi connectivity index (χ0v) is 21.5. The van der Waals surface area contributed by atoms with Crippen molar-refractivity contribution in [1.29, 1.82) is 0 Å². The Morgan fingerprint density at radius 1 is 1.03 bits per heavy atom. The standard InChI is InChI=1S/C27H22BrN3O6/c1-16-5-3-4-6-21(16)29-24(32)15-37-22-12-7-17(14-23(22)36-2)13-20-25(33)30-27(35)31(26(20)34)19-10-8-18(28)9-11-19/h3-14H,15H2,1-2H3,(H,29,32)(H,30,33,35)/b20-13+. The maximum Gasteiger partial charge on any atom is 0.335 e. The number of barbiturate groups is 1. The first kappa shape index (κ1) is 25.6. The van der Waals surface area contributed by atoms with Gasteiger partial charge in [-0.3, -0.25) is 19.7 Å². The SMILES string of the molecule is COc1cc(/C=C2\C(=O)NC(=O)N(c3ccc(Br)cc3)C2=O)ccc1OCC(=O)Nc1ccccc1C. The molecule has 0 saturated carbocycles. The number of hydrogen-bond donors (Lipinski definition) is 2. The number of benzene rings is 3. The van der Waals surface area contributed by atoms with Crippen molar-refractivity contribution in [3.63, 3.8) is 0 Å². The summed E-state index contributed by atoms with van der Waals surface area (Å²) < 4.78 is 11.8. The van der Waals surface area contributed by atoms with Gasteiger partial charge in [-0.15, -0.1) is 0 Å². The van der Waals surface area contributed by atoms with Crippen LogP contribution in [0.1, 0.15) is 11.1 Å². The first-order valence-corrected chi connectivity index (χ1v) is 11.9. The lowest BCUT2D eigenvalue weighted by molar-refractivity contribution is -0.122. The number of carbonyl (C=O) groups is 4. The molecule has 0 aliphatic carbocycles. The molecule has 3 aromatic rings. The number of hydrogen-bond acceptors (Lipinski definition) is 6. The Morgan fingerprint density at radius 2 is 1.76 bits per heavy atom. The van der Waals surface area contributed by atoms with Gasteiger partial charge < -0.3 is 14.8 Å². The van der Waals surface area contributed by atoms with Gasteiger partial charge in [0.05, 0.1) is 12.8 Å². The number of anilines is 2. The minimum Gasteiger partial charge on any atom is -0.493 e. The lowest BCUT2D eigenvalue weighted by Gasteiger charge is -2.26. The average molecular weight is 564 g/mol. The number of ether oxygens (including phenoxy) is 2. The van der Waals surface area contributed by atoms with Gasteiger partial charge in [0.2, 0.25) is 0 Å². The van der Waals surface area contributed by atoms with E-state index < -0.39 is 17.8 Å². The van der Waals surface area contributed by atoms with Crippen LogP contribution in [-0.2, 0) is 14.4 Å². The van der Waals surface area contributed by atoms with Gasteiger partial charge in [0.15, 0.2) is 18.1 Å². The van der Waals surface area contributed by atoms with Crippen LogP contribution < -0.4 is 25.0 Å². The van der Waals surface area contributed by atoms with Crippen LogP contribution in [0.4, 0.5) is 16.2 Å². The van der Waals surface area contributed by atoms with Gasteiger partial charge in [0.1, 0.15) is 5.57 Å². The molecule has 0 aromatic heterocycles. The molecule has 4 rings (SSSR count). The normalized spacial score (nSPS) is 14.4. The predicted octanol–water partition coefficient (Wildman–Crippen LogP) is 4.45. The number of urea groups is 1. The molecule has 1 aliphatic rings. The van der Waals surface area contributed by atoms with E-state index >= 15 is 0 Å². The third-order valence-electron chi connectivity index (χ3n) is 5.46. The fourth-order valence-corrected chi connectivity index (χ4v) is 3.85. The maximum absolute atomic E-state index is 13.1. The maximum atomic E-state index is 13.1. The van der Waals surface area contributed by atoms with Crippen molar-refractivity contribution in [2.45, 2.75) is 6.92 Å². The number of carbonyl (C=O) groups excluding carboxylic acids is 4. The molecular formula is C27H22BrN3O6. The van der Waals surface area contributed by atoms with Crippen molar-refractivity contribution in [3.05, 3.63) is 87.9 Å². The van der Waals surface area contributed by atoms with Crippen LogP contribution in [0.25, 0.3) is 6.08 Å². The Bertz CT molecular complexity index is 1420. The predicted molar refractivity (Wildman–Crippen MR) is 141 cm³/mol. The van der Waals surface area contributed by atoms with Crippen molar-refractivity contribution in [1.82, 2.24) is 5.32 Å². The van der Waals surface area contributed by atoms with Crippen molar-refractivity contribution >= 4 is 57.1 Å². The third kappa shape index (κ3) is 5.87. The molecule has 1 saturated heterocycles. The van der Waals surface area contributed by atoms with E-state index in [0.29, 0.717) is 28.4 Å². The monoisotopic (exact) mass is 563 g/mol. The molecule has 10 heteroatoms. The van der Waals surface area contributed by atoms with Crippen molar-refractivity contribution in [3.8, 4) is 11.5 Å². The number of nitrogens with one attached hydrogen (secondary N) is 2. The van der Waals surface area contributed by atoms with E-state index in [2.05, 4.69) is 26.6 Å². The number of imide groups is 2. The Kier molecular flexibility index (Phi) is 7.69. The summed E-state index contributed by atoms with van der Waals surface area (Å²) in [6.07, 6.45) is 1.35. The van der Waals surface area contributed by atoms with Gasteiger partial charge in [-0.25, -0.2) is 9.69 Å². The Labute approximate surface area is 221 Å². The van der Waals surface area contributed by atoms with Gasteiger partial charge in [-0.2, -0.15) is 0 Å². The summed E-state index contributed by atoms with van der Waals surface area (Å²) in [6.45, 7) is 1.63. The molecule has 1 aliphatic heterocycles. The number of halogens is 1. The summed E-state index contributed by atoms with van der Waals surface area (Å²) in [5.74, 6) is -1.32. The molecule has 2 N–H and O–H groups in total. The van der Waals surface area contributed by atoms with Gasteiger partial charge >= 0.3 is 6.03 Å². The molecule has 9 nitrogen and oxygen atoms in total. The molecule has 0 unspecified atom stereocenters. The van der Waals surface area contributed by atoms with Crippen LogP contribution in [0, 0.1) is 6.92 Å². The van der Waals surface area contributed by atoms with Crippen LogP contribution >= 0.6 is 15.9 Å². The van der Waals surface area contributed by atoms with Crippen LogP contribution in [0.2, 0.25) is 0 Å². The summed E-state index contributed by atoms with van der Waals surface area (Å²) in [4.78, 5) is 51.1. The van der Waals surface area contributed by atoms with Crippen LogP contribution in [0.3, 0.4) is 0 Å². The van der Waals surface area contributed by atoms with E-state index in [1.54, 1.807) is 48.5 Å². The second-order valence-electron chi connectivity index (χ2n) is 8.00. The first-order chi connectivity index (χ1) is 17.8. The van der Waals surface area contributed by atoms with E-state index in [0.717, 1.165) is 14.9 Å². The molecule has 0 radical (unpaired) electrons. The number of amides is 5. The Balaban J connectivity index is 1.51. The van der Waals surface area contributed by atoms with E-state index in [-0.39, 0.29) is 18.1 Å². The van der Waals surface area contributed by atoms with E-state index in [9.17, 15) is 19.2 Å². The molecule has 0 spiro atoms. The lowest BCUT2D eigenvalue weighted by atomic mass is 10.1. The highest BCUT2D eigenvalue weighted by Crippen LogP contribution is 2.30. The number of rotatable bonds is 7. The van der Waals surface area contributed by atoms with Gasteiger partial charge in [-0.1, -0.05) is 40.2 Å². The highest BCUT2D eigenvalue weighted by atomic mass is 79.9. The van der Waals surface area contributed by atoms with Crippen LogP contribution in [0.5, 0.6) is 11.5 Å². The Hall–Kier alpha value is -4.44. The first-order valence-electron chi connectivity index (χ1n) is 11.1. The molecule has 37 heavy (non-hydrogen) atoms. The summed E-state index contributed by atoms with van der Waals surface area (Å²) in [5, 5.41) is 4.97. The van der Waals surface area contributed by atoms with Crippen LogP contribution in [-0.4, -0.2) is 37.5 Å². The van der Waals surface area contributed by atoms with Gasteiger partial charge in [0, 0.05) is 10.2 Å². The zero-order chi connectivity index (χ0) is 26.5. The topological polar surface area (TPSA) is 114 Å². The average Bonchev–Trinajstić information content (AvgIpc) is 2.88. The minimum atomic E-state index is -0.834. The number of nitrogens with zero attached hydrogens (tertiary/aromatic N) is 1. The van der Waals surface area contributed by atoms with Crippen LogP contribution in [0.15, 0.2) is 76.8 Å². The summed E-state index contributed by atoms with van der Waals surface area (Å²) >= 11 is 3.31. The summed E-state index contributed by atoms with van der Waals surface area (Å²) in [5.41, 5.74) is 2.16. The van der Waals surface area contributed by atoms with Crippen molar-refractivity contribution in [2.24, 2.45) is 0 Å². The molecular weight excluding hydrogens is 542 g/mol. The molecule has 1 heterocycles. The third-order valence-corrected chi connectivity index (χ3v) is 5.99. The largest absolute Gasteiger partial charge is 0.493 e. The minimum absolute atomic E-state index is 0.226. The van der Waals surface area contributed by atoms with Gasteiger partial charge in [0.25, 0.3) is 17.7 Å². The molecule has 1 fully saturated rings. The zero-order valence-electron chi connectivity index (χ0n) is 19.9. The fraction of sp³-hybridized carbons (Fsp3) is 0.111. The molecule has 0 atom stereocenters. The van der Waals surface area contributed by atoms with E-state index in [4.69, 9.17) is 9.47 Å². The fourth-order valence-electron chi connectivity index (χ4n) is 3.58. The molecule has 3 aromatic carbocycles. The summed E-state index contributed by atoms with van der Waals surface area (Å²) in [6, 6.07) is 17.8. The molecule has 5 amide bonds. The van der Waals surface area contributed by atoms with E-state index in [1.165, 1.54) is 13.2 Å². The van der Waals surface area contributed by atoms with E-state index in [1.807, 2.05) is 25.1 Å². The quantitative estimate of drug-likeness (QED) is 0.324.